The number of nitrogens with zero attached hydrogens (tertiary/aromatic N) is 2. The molecule has 4 heteroatoms. The summed E-state index contributed by atoms with van der Waals surface area (Å²) in [6.45, 7) is 3.83. The Morgan fingerprint density at radius 2 is 1.95 bits per heavy atom. The Labute approximate surface area is 122 Å². The van der Waals surface area contributed by atoms with Crippen molar-refractivity contribution in [3.05, 3.63) is 29.8 Å². The van der Waals surface area contributed by atoms with Crippen molar-refractivity contribution in [2.45, 2.75) is 24.9 Å². The van der Waals surface area contributed by atoms with Crippen LogP contribution in [0, 0.1) is 0 Å². The Morgan fingerprint density at radius 1 is 1.30 bits per heavy atom. The fraction of sp³-hybridized carbons (Fsp3) is 0.625. The smallest absolute Gasteiger partial charge is 0.123 e. The lowest BCUT2D eigenvalue weighted by molar-refractivity contribution is 0.0480. The third-order valence-electron chi connectivity index (χ3n) is 4.71. The van der Waals surface area contributed by atoms with E-state index in [9.17, 15) is 0 Å². The quantitative estimate of drug-likeness (QED) is 0.886. The zero-order chi connectivity index (χ0) is 14.6. The second kappa shape index (κ2) is 6.57. The molecule has 1 aliphatic heterocycles. The molecule has 0 radical (unpaired) electrons. The maximum absolute atomic E-state index is 6.12. The molecule has 0 saturated carbocycles. The van der Waals surface area contributed by atoms with Crippen molar-refractivity contribution in [2.24, 2.45) is 5.73 Å². The van der Waals surface area contributed by atoms with Crippen molar-refractivity contribution >= 4 is 0 Å². The molecule has 2 N–H and O–H groups in total. The average Bonchev–Trinajstić information content (AvgIpc) is 2.49. The summed E-state index contributed by atoms with van der Waals surface area (Å²) < 4.78 is 5.45. The van der Waals surface area contributed by atoms with Crippen LogP contribution in [0.3, 0.4) is 0 Å². The topological polar surface area (TPSA) is 41.7 Å². The number of hydrogen-bond donors (Lipinski definition) is 1. The molecule has 112 valence electrons. The summed E-state index contributed by atoms with van der Waals surface area (Å²) in [5.74, 6) is 0.958. The van der Waals surface area contributed by atoms with Gasteiger partial charge in [-0.3, -0.25) is 4.90 Å². The molecule has 20 heavy (non-hydrogen) atoms. The van der Waals surface area contributed by atoms with Crippen molar-refractivity contribution in [1.82, 2.24) is 9.80 Å². The highest BCUT2D eigenvalue weighted by Crippen LogP contribution is 2.29. The number of benzene rings is 1. The normalized spacial score (nSPS) is 19.2. The lowest BCUT2D eigenvalue weighted by Gasteiger charge is -2.46. The molecule has 1 aliphatic rings. The maximum Gasteiger partial charge on any atom is 0.123 e. The van der Waals surface area contributed by atoms with Crippen molar-refractivity contribution in [2.75, 3.05) is 40.8 Å². The van der Waals surface area contributed by atoms with E-state index in [-0.39, 0.29) is 5.54 Å². The molecule has 0 amide bonds. The number of ether oxygens (including phenoxy) is 1. The van der Waals surface area contributed by atoms with Crippen LogP contribution in [0.1, 0.15) is 18.4 Å². The molecule has 1 saturated heterocycles. The first-order chi connectivity index (χ1) is 9.61. The maximum atomic E-state index is 6.12. The van der Waals surface area contributed by atoms with E-state index in [1.807, 2.05) is 12.1 Å². The van der Waals surface area contributed by atoms with Gasteiger partial charge in [0.25, 0.3) is 0 Å². The van der Waals surface area contributed by atoms with Crippen LogP contribution in [0.25, 0.3) is 0 Å². The Morgan fingerprint density at radius 3 is 2.55 bits per heavy atom. The molecule has 0 bridgehead atoms. The highest BCUT2D eigenvalue weighted by atomic mass is 16.5. The van der Waals surface area contributed by atoms with Gasteiger partial charge in [0, 0.05) is 24.2 Å². The summed E-state index contributed by atoms with van der Waals surface area (Å²) in [4.78, 5) is 4.79. The Hall–Kier alpha value is -1.10. The predicted molar refractivity (Wildman–Crippen MR) is 83.0 cm³/mol. The molecule has 4 nitrogen and oxygen atoms in total. The van der Waals surface area contributed by atoms with E-state index < -0.39 is 0 Å². The van der Waals surface area contributed by atoms with Crippen molar-refractivity contribution < 1.29 is 4.74 Å². The van der Waals surface area contributed by atoms with Crippen LogP contribution in [0.4, 0.5) is 0 Å². The summed E-state index contributed by atoms with van der Waals surface area (Å²) in [6.07, 6.45) is 2.26. The van der Waals surface area contributed by atoms with Crippen molar-refractivity contribution in [1.29, 1.82) is 0 Å². The van der Waals surface area contributed by atoms with E-state index in [1.54, 1.807) is 7.11 Å². The number of para-hydroxylation sites is 1. The predicted octanol–water partition coefficient (Wildman–Crippen LogP) is 1.55. The largest absolute Gasteiger partial charge is 0.496 e. The van der Waals surface area contributed by atoms with E-state index in [4.69, 9.17) is 10.5 Å². The fourth-order valence-electron chi connectivity index (χ4n) is 3.03. The second-order valence-corrected chi connectivity index (χ2v) is 5.90. The van der Waals surface area contributed by atoms with Crippen LogP contribution >= 0.6 is 0 Å². The first-order valence-corrected chi connectivity index (χ1v) is 7.33. The molecule has 0 spiro atoms. The molecule has 0 atom stereocenters. The average molecular weight is 277 g/mol. The summed E-state index contributed by atoms with van der Waals surface area (Å²) in [5.41, 5.74) is 7.46. The lowest BCUT2D eigenvalue weighted by atomic mass is 9.85. The molecule has 2 rings (SSSR count). The molecule has 0 aliphatic carbocycles. The van der Waals surface area contributed by atoms with Gasteiger partial charge in [-0.15, -0.1) is 0 Å². The van der Waals surface area contributed by atoms with Crippen molar-refractivity contribution in [3.63, 3.8) is 0 Å². The highest BCUT2D eigenvalue weighted by Gasteiger charge is 2.36. The monoisotopic (exact) mass is 277 g/mol. The van der Waals surface area contributed by atoms with Crippen LogP contribution in [-0.4, -0.2) is 56.2 Å². The Balaban J connectivity index is 2.11. The van der Waals surface area contributed by atoms with Gasteiger partial charge in [-0.25, -0.2) is 0 Å². The van der Waals surface area contributed by atoms with E-state index in [1.165, 1.54) is 5.56 Å². The van der Waals surface area contributed by atoms with Gasteiger partial charge >= 0.3 is 0 Å². The van der Waals surface area contributed by atoms with E-state index in [2.05, 4.69) is 36.0 Å². The minimum Gasteiger partial charge on any atom is -0.496 e. The summed E-state index contributed by atoms with van der Waals surface area (Å²) in [5, 5.41) is 0. The number of likely N-dealkylation sites (tertiary alicyclic amines) is 1. The van der Waals surface area contributed by atoms with Gasteiger partial charge in [0.1, 0.15) is 5.75 Å². The highest BCUT2D eigenvalue weighted by molar-refractivity contribution is 5.33. The molecule has 1 aromatic carbocycles. The third kappa shape index (κ3) is 3.14. The van der Waals surface area contributed by atoms with Crippen LogP contribution in [0.5, 0.6) is 5.75 Å². The molecule has 1 heterocycles. The molecular formula is C16H27N3O. The SMILES string of the molecule is COc1ccccc1CN(C)C1(CN)CCN(C)CC1. The van der Waals surface area contributed by atoms with E-state index >= 15 is 0 Å². The number of methoxy groups -OCH3 is 1. The van der Waals surface area contributed by atoms with Crippen LogP contribution in [-0.2, 0) is 6.54 Å². The van der Waals surface area contributed by atoms with Gasteiger partial charge in [0.15, 0.2) is 0 Å². The molecule has 0 aromatic heterocycles. The van der Waals surface area contributed by atoms with Gasteiger partial charge in [-0.2, -0.15) is 0 Å². The summed E-state index contributed by atoms with van der Waals surface area (Å²) >= 11 is 0. The zero-order valence-corrected chi connectivity index (χ0v) is 12.9. The van der Waals surface area contributed by atoms with Gasteiger partial charge < -0.3 is 15.4 Å². The van der Waals surface area contributed by atoms with Crippen LogP contribution in [0.2, 0.25) is 0 Å². The Bertz CT molecular complexity index is 427. The number of piperidine rings is 1. The second-order valence-electron chi connectivity index (χ2n) is 5.90. The Kier molecular flexibility index (Phi) is 5.02. The van der Waals surface area contributed by atoms with Gasteiger partial charge in [-0.1, -0.05) is 18.2 Å². The first-order valence-electron chi connectivity index (χ1n) is 7.33. The first kappa shape index (κ1) is 15.3. The van der Waals surface area contributed by atoms with Crippen LogP contribution in [0.15, 0.2) is 24.3 Å². The third-order valence-corrected chi connectivity index (χ3v) is 4.71. The van der Waals surface area contributed by atoms with Crippen LogP contribution < -0.4 is 10.5 Å². The number of nitrogens with two attached hydrogens (primary N) is 1. The summed E-state index contributed by atoms with van der Waals surface area (Å²) in [6, 6.07) is 8.23. The van der Waals surface area contributed by atoms with Gasteiger partial charge in [0.05, 0.1) is 7.11 Å². The van der Waals surface area contributed by atoms with Gasteiger partial charge in [-0.05, 0) is 46.1 Å². The minimum absolute atomic E-state index is 0.118. The van der Waals surface area contributed by atoms with E-state index in [0.29, 0.717) is 6.54 Å². The molecular weight excluding hydrogens is 250 g/mol. The minimum atomic E-state index is 0.118. The number of likely N-dealkylation sites (N-methyl/N-ethyl adjacent to an activating group) is 1. The fourth-order valence-corrected chi connectivity index (χ4v) is 3.03. The molecule has 1 fully saturated rings. The lowest BCUT2D eigenvalue weighted by Crippen LogP contribution is -2.57. The van der Waals surface area contributed by atoms with Gasteiger partial charge in [0.2, 0.25) is 0 Å². The van der Waals surface area contributed by atoms with Crippen molar-refractivity contribution in [3.8, 4) is 5.75 Å². The van der Waals surface area contributed by atoms with E-state index in [0.717, 1.165) is 38.2 Å². The number of hydrogen-bond acceptors (Lipinski definition) is 4. The number of rotatable bonds is 5. The standard InChI is InChI=1S/C16H27N3O/c1-18-10-8-16(13-17,9-11-18)19(2)12-14-6-4-5-7-15(14)20-3/h4-7H,8-13,17H2,1-3H3. The zero-order valence-electron chi connectivity index (χ0n) is 12.9. The molecule has 1 aromatic rings. The molecule has 0 unspecified atom stereocenters. The summed E-state index contributed by atoms with van der Waals surface area (Å²) in [7, 11) is 6.10.